The molecule has 0 bridgehead atoms. The topological polar surface area (TPSA) is 111 Å². The van der Waals surface area contributed by atoms with E-state index in [-0.39, 0.29) is 23.0 Å². The summed E-state index contributed by atoms with van der Waals surface area (Å²) in [5.41, 5.74) is 5.82. The van der Waals surface area contributed by atoms with E-state index in [9.17, 15) is 19.8 Å². The Bertz CT molecular complexity index is 1170. The van der Waals surface area contributed by atoms with E-state index in [0.717, 1.165) is 22.9 Å². The maximum absolute atomic E-state index is 12.7. The molecule has 0 radical (unpaired) electrons. The molecule has 0 fully saturated rings. The smallest absolute Gasteiger partial charge is 0.275 e. The van der Waals surface area contributed by atoms with Crippen molar-refractivity contribution in [1.29, 1.82) is 0 Å². The molecule has 31 heavy (non-hydrogen) atoms. The lowest BCUT2D eigenvalue weighted by atomic mass is 10.1. The molecular formula is C23H23N3O4S. The summed E-state index contributed by atoms with van der Waals surface area (Å²) in [6.45, 7) is 5.74. The minimum Gasteiger partial charge on any atom is -0.508 e. The second-order valence-electron chi connectivity index (χ2n) is 6.91. The molecule has 0 saturated carbocycles. The van der Waals surface area contributed by atoms with Gasteiger partial charge in [0.1, 0.15) is 11.5 Å². The van der Waals surface area contributed by atoms with Gasteiger partial charge < -0.3 is 15.5 Å². The molecule has 0 aliphatic carbocycles. The van der Waals surface area contributed by atoms with E-state index < -0.39 is 5.91 Å². The number of thiophene rings is 1. The summed E-state index contributed by atoms with van der Waals surface area (Å²) in [5, 5.41) is 28.1. The third-order valence-corrected chi connectivity index (χ3v) is 5.74. The molecule has 2 aromatic carbocycles. The number of phenolic OH excluding ortho intramolecular Hbond substituents is 2. The minimum atomic E-state index is -0.655. The van der Waals surface area contributed by atoms with Crippen LogP contribution in [-0.2, 0) is 6.42 Å². The number of amides is 2. The van der Waals surface area contributed by atoms with E-state index in [1.165, 1.54) is 12.1 Å². The number of rotatable bonds is 6. The van der Waals surface area contributed by atoms with E-state index in [1.54, 1.807) is 42.5 Å². The Balaban J connectivity index is 1.73. The minimum absolute atomic E-state index is 0.0876. The number of benzene rings is 2. The Hall–Kier alpha value is -3.65. The second-order valence-corrected chi connectivity index (χ2v) is 8.00. The zero-order valence-corrected chi connectivity index (χ0v) is 18.2. The van der Waals surface area contributed by atoms with Crippen LogP contribution >= 0.6 is 11.3 Å². The quantitative estimate of drug-likeness (QED) is 0.260. The number of hydrogen-bond donors (Lipinski definition) is 4. The summed E-state index contributed by atoms with van der Waals surface area (Å²) in [7, 11) is 0. The number of hydrazone groups is 1. The van der Waals surface area contributed by atoms with Crippen LogP contribution in [0, 0.1) is 6.92 Å². The fourth-order valence-electron chi connectivity index (χ4n) is 3.09. The first-order valence-electron chi connectivity index (χ1n) is 9.65. The van der Waals surface area contributed by atoms with Gasteiger partial charge in [-0.05, 0) is 61.7 Å². The highest BCUT2D eigenvalue weighted by molar-refractivity contribution is 7.10. The van der Waals surface area contributed by atoms with E-state index in [0.29, 0.717) is 22.5 Å². The number of phenols is 2. The molecule has 2 amide bonds. The van der Waals surface area contributed by atoms with Crippen molar-refractivity contribution < 1.29 is 19.8 Å². The Labute approximate surface area is 184 Å². The predicted octanol–water partition coefficient (Wildman–Crippen LogP) is 4.44. The average Bonchev–Trinajstić information content (AvgIpc) is 3.14. The summed E-state index contributed by atoms with van der Waals surface area (Å²) < 4.78 is 0. The van der Waals surface area contributed by atoms with Gasteiger partial charge >= 0.3 is 0 Å². The standard InChI is InChI=1S/C23H23N3O4S/c1-4-18-14(3)31-12-20(18)22(29)24-16-7-5-6-15(10-16)13(2)25-26-23(30)19-11-17(27)8-9-21(19)28/h5-12,27-28H,4H2,1-3H3,(H,24,29)(H,26,30)/b25-13-. The lowest BCUT2D eigenvalue weighted by Crippen LogP contribution is -2.19. The number of hydrogen-bond acceptors (Lipinski definition) is 6. The first-order valence-corrected chi connectivity index (χ1v) is 10.5. The zero-order chi connectivity index (χ0) is 22.5. The van der Waals surface area contributed by atoms with Crippen LogP contribution in [0.25, 0.3) is 0 Å². The normalized spacial score (nSPS) is 11.3. The number of nitrogens with one attached hydrogen (secondary N) is 2. The largest absolute Gasteiger partial charge is 0.508 e. The first-order chi connectivity index (χ1) is 14.8. The molecule has 3 rings (SSSR count). The molecule has 0 saturated heterocycles. The van der Waals surface area contributed by atoms with Gasteiger partial charge in [-0.15, -0.1) is 11.3 Å². The second kappa shape index (κ2) is 9.44. The predicted molar refractivity (Wildman–Crippen MR) is 122 cm³/mol. The summed E-state index contributed by atoms with van der Waals surface area (Å²) in [6, 6.07) is 10.8. The lowest BCUT2D eigenvalue weighted by molar-refractivity contribution is 0.0951. The lowest BCUT2D eigenvalue weighted by Gasteiger charge is -2.09. The van der Waals surface area contributed by atoms with E-state index in [2.05, 4.69) is 15.8 Å². The SMILES string of the molecule is CCc1c(C(=O)Nc2cccc(/C(C)=N\NC(=O)c3cc(O)ccc3O)c2)csc1C. The molecule has 160 valence electrons. The molecule has 0 unspecified atom stereocenters. The van der Waals surface area contributed by atoms with Crippen LogP contribution in [0.2, 0.25) is 0 Å². The van der Waals surface area contributed by atoms with Gasteiger partial charge in [-0.1, -0.05) is 19.1 Å². The van der Waals surface area contributed by atoms with Crippen LogP contribution < -0.4 is 10.7 Å². The molecule has 7 nitrogen and oxygen atoms in total. The Kier molecular flexibility index (Phi) is 6.71. The molecule has 0 aliphatic heterocycles. The Morgan fingerprint density at radius 1 is 1.06 bits per heavy atom. The summed E-state index contributed by atoms with van der Waals surface area (Å²) >= 11 is 1.56. The van der Waals surface area contributed by atoms with Crippen molar-refractivity contribution in [3.63, 3.8) is 0 Å². The zero-order valence-electron chi connectivity index (χ0n) is 17.4. The van der Waals surface area contributed by atoms with Crippen molar-refractivity contribution in [3.05, 3.63) is 75.0 Å². The van der Waals surface area contributed by atoms with Crippen molar-refractivity contribution in [2.75, 3.05) is 5.32 Å². The number of nitrogens with zero attached hydrogens (tertiary/aromatic N) is 1. The highest BCUT2D eigenvalue weighted by atomic mass is 32.1. The Morgan fingerprint density at radius 3 is 2.58 bits per heavy atom. The number of carbonyl (C=O) groups excluding carboxylic acids is 2. The molecule has 0 spiro atoms. The van der Waals surface area contributed by atoms with Crippen LogP contribution in [0.1, 0.15) is 50.6 Å². The van der Waals surface area contributed by atoms with Gasteiger partial charge in [-0.2, -0.15) is 5.10 Å². The van der Waals surface area contributed by atoms with Crippen LogP contribution in [0.15, 0.2) is 52.9 Å². The molecule has 1 heterocycles. The maximum Gasteiger partial charge on any atom is 0.275 e. The van der Waals surface area contributed by atoms with E-state index in [4.69, 9.17) is 0 Å². The highest BCUT2D eigenvalue weighted by Crippen LogP contribution is 2.24. The van der Waals surface area contributed by atoms with Crippen LogP contribution in [-0.4, -0.2) is 27.7 Å². The van der Waals surface area contributed by atoms with Crippen molar-refractivity contribution in [1.82, 2.24) is 5.43 Å². The van der Waals surface area contributed by atoms with Crippen molar-refractivity contribution >= 4 is 34.6 Å². The molecule has 3 aromatic rings. The molecule has 8 heteroatoms. The van der Waals surface area contributed by atoms with Crippen LogP contribution in [0.5, 0.6) is 11.5 Å². The first kappa shape index (κ1) is 22.0. The fraction of sp³-hybridized carbons (Fsp3) is 0.174. The third-order valence-electron chi connectivity index (χ3n) is 4.79. The van der Waals surface area contributed by atoms with Crippen molar-refractivity contribution in [2.24, 2.45) is 5.10 Å². The number of aromatic hydroxyl groups is 2. The monoisotopic (exact) mass is 437 g/mol. The molecular weight excluding hydrogens is 414 g/mol. The summed E-state index contributed by atoms with van der Waals surface area (Å²) in [4.78, 5) is 26.1. The van der Waals surface area contributed by atoms with Gasteiger partial charge in [0.2, 0.25) is 0 Å². The fourth-order valence-corrected chi connectivity index (χ4v) is 4.04. The average molecular weight is 438 g/mol. The van der Waals surface area contributed by atoms with Gasteiger partial charge in [-0.3, -0.25) is 9.59 Å². The van der Waals surface area contributed by atoms with Crippen LogP contribution in [0.3, 0.4) is 0 Å². The van der Waals surface area contributed by atoms with Crippen molar-refractivity contribution in [3.8, 4) is 11.5 Å². The van der Waals surface area contributed by atoms with Gasteiger partial charge in [0.15, 0.2) is 0 Å². The Morgan fingerprint density at radius 2 is 1.84 bits per heavy atom. The molecule has 1 aromatic heterocycles. The van der Waals surface area contributed by atoms with Gasteiger partial charge in [0.05, 0.1) is 16.8 Å². The summed E-state index contributed by atoms with van der Waals surface area (Å²) in [6.07, 6.45) is 0.790. The van der Waals surface area contributed by atoms with Gasteiger partial charge in [0.25, 0.3) is 11.8 Å². The van der Waals surface area contributed by atoms with E-state index >= 15 is 0 Å². The van der Waals surface area contributed by atoms with Crippen LogP contribution in [0.4, 0.5) is 5.69 Å². The number of carbonyl (C=O) groups is 2. The van der Waals surface area contributed by atoms with Gasteiger partial charge in [0, 0.05) is 15.9 Å². The van der Waals surface area contributed by atoms with Crippen molar-refractivity contribution in [2.45, 2.75) is 27.2 Å². The number of anilines is 1. The molecule has 0 aliphatic rings. The third kappa shape index (κ3) is 5.10. The number of aryl methyl sites for hydroxylation is 1. The molecule has 0 atom stereocenters. The summed E-state index contributed by atoms with van der Waals surface area (Å²) in [5.74, 6) is -1.22. The maximum atomic E-state index is 12.7. The van der Waals surface area contributed by atoms with E-state index in [1.807, 2.05) is 19.2 Å². The van der Waals surface area contributed by atoms with Gasteiger partial charge in [-0.25, -0.2) is 5.43 Å². The highest BCUT2D eigenvalue weighted by Gasteiger charge is 2.15. The molecule has 4 N–H and O–H groups in total.